The molecule has 0 saturated heterocycles. The molecule has 0 spiro atoms. The second kappa shape index (κ2) is 7.41. The first kappa shape index (κ1) is 13.4. The average molecular weight is 250 g/mol. The van der Waals surface area contributed by atoms with E-state index in [-0.39, 0.29) is 0 Å². The van der Waals surface area contributed by atoms with E-state index in [1.165, 1.54) is 38.5 Å². The average Bonchev–Trinajstić information content (AvgIpc) is 2.41. The summed E-state index contributed by atoms with van der Waals surface area (Å²) in [5, 5.41) is 3.35. The zero-order valence-electron chi connectivity index (χ0n) is 11.3. The van der Waals surface area contributed by atoms with E-state index in [4.69, 9.17) is 5.73 Å². The first-order valence-electron chi connectivity index (χ1n) is 7.28. The molecule has 102 valence electrons. The number of guanidine groups is 1. The van der Waals surface area contributed by atoms with Gasteiger partial charge in [-0.25, -0.2) is 0 Å². The van der Waals surface area contributed by atoms with Crippen LogP contribution in [0.1, 0.15) is 38.5 Å². The molecule has 1 fully saturated rings. The van der Waals surface area contributed by atoms with E-state index in [0.717, 1.165) is 26.2 Å². The fraction of sp³-hybridized carbons (Fsp3) is 0.786. The van der Waals surface area contributed by atoms with Crippen molar-refractivity contribution in [1.29, 1.82) is 0 Å². The van der Waals surface area contributed by atoms with Gasteiger partial charge < -0.3 is 11.1 Å². The summed E-state index contributed by atoms with van der Waals surface area (Å²) < 4.78 is 0. The number of hydrogen-bond acceptors (Lipinski definition) is 2. The van der Waals surface area contributed by atoms with E-state index in [1.54, 1.807) is 0 Å². The van der Waals surface area contributed by atoms with Crippen LogP contribution in [0.4, 0.5) is 0 Å². The number of aliphatic imine (C=N–C) groups is 1. The maximum Gasteiger partial charge on any atom is 0.188 e. The highest BCUT2D eigenvalue weighted by atomic mass is 15.2. The molecule has 0 aromatic rings. The monoisotopic (exact) mass is 250 g/mol. The third kappa shape index (κ3) is 4.69. The van der Waals surface area contributed by atoms with Gasteiger partial charge in [0.1, 0.15) is 0 Å². The van der Waals surface area contributed by atoms with Crippen LogP contribution in [0, 0.1) is 0 Å². The molecule has 0 aromatic carbocycles. The summed E-state index contributed by atoms with van der Waals surface area (Å²) in [5.41, 5.74) is 5.93. The molecule has 18 heavy (non-hydrogen) atoms. The number of nitrogens with one attached hydrogen (secondary N) is 1. The number of rotatable bonds is 4. The van der Waals surface area contributed by atoms with Gasteiger partial charge in [0.2, 0.25) is 0 Å². The third-order valence-corrected chi connectivity index (χ3v) is 3.80. The van der Waals surface area contributed by atoms with Crippen molar-refractivity contribution in [1.82, 2.24) is 10.2 Å². The molecule has 2 rings (SSSR count). The molecule has 0 radical (unpaired) electrons. The van der Waals surface area contributed by atoms with Gasteiger partial charge in [-0.1, -0.05) is 31.4 Å². The van der Waals surface area contributed by atoms with Crippen LogP contribution in [0.5, 0.6) is 0 Å². The van der Waals surface area contributed by atoms with E-state index in [9.17, 15) is 0 Å². The molecule has 0 unspecified atom stereocenters. The Morgan fingerprint density at radius 2 is 2.11 bits per heavy atom. The Kier molecular flexibility index (Phi) is 5.52. The topological polar surface area (TPSA) is 53.6 Å². The molecule has 4 heteroatoms. The van der Waals surface area contributed by atoms with Gasteiger partial charge in [-0.15, -0.1) is 0 Å². The van der Waals surface area contributed by atoms with Gasteiger partial charge in [-0.2, -0.15) is 0 Å². The number of hydrogen-bond donors (Lipinski definition) is 2. The van der Waals surface area contributed by atoms with E-state index in [2.05, 4.69) is 27.4 Å². The summed E-state index contributed by atoms with van der Waals surface area (Å²) >= 11 is 0. The van der Waals surface area contributed by atoms with Crippen LogP contribution in [0.3, 0.4) is 0 Å². The van der Waals surface area contributed by atoms with Crippen molar-refractivity contribution in [3.05, 3.63) is 12.2 Å². The smallest absolute Gasteiger partial charge is 0.188 e. The van der Waals surface area contributed by atoms with Crippen molar-refractivity contribution < 1.29 is 0 Å². The predicted molar refractivity (Wildman–Crippen MR) is 76.7 cm³/mol. The van der Waals surface area contributed by atoms with Crippen LogP contribution in [-0.4, -0.2) is 43.1 Å². The van der Waals surface area contributed by atoms with Crippen LogP contribution in [0.2, 0.25) is 0 Å². The zero-order chi connectivity index (χ0) is 12.6. The van der Waals surface area contributed by atoms with Gasteiger partial charge in [0.15, 0.2) is 5.96 Å². The number of nitrogens with two attached hydrogens (primary N) is 1. The molecule has 0 amide bonds. The van der Waals surface area contributed by atoms with Gasteiger partial charge in [-0.3, -0.25) is 9.89 Å². The Bertz CT molecular complexity index is 292. The van der Waals surface area contributed by atoms with E-state index >= 15 is 0 Å². The molecular weight excluding hydrogens is 224 g/mol. The molecule has 1 saturated carbocycles. The lowest BCUT2D eigenvalue weighted by Gasteiger charge is -2.24. The quantitative estimate of drug-likeness (QED) is 0.451. The van der Waals surface area contributed by atoms with Gasteiger partial charge >= 0.3 is 0 Å². The standard InChI is InChI=1S/C14H26N4/c15-14(17-13-7-3-1-4-8-13)16-9-12-18-10-5-2-6-11-18/h2,5,13H,1,3-4,6-12H2,(H3,15,16,17). The molecule has 0 bridgehead atoms. The zero-order valence-corrected chi connectivity index (χ0v) is 11.3. The van der Waals surface area contributed by atoms with Gasteiger partial charge in [0, 0.05) is 25.7 Å². The molecule has 2 aliphatic rings. The third-order valence-electron chi connectivity index (χ3n) is 3.80. The van der Waals surface area contributed by atoms with Crippen LogP contribution in [0.15, 0.2) is 17.1 Å². The van der Waals surface area contributed by atoms with Gasteiger partial charge in [0.25, 0.3) is 0 Å². The Hall–Kier alpha value is -1.03. The van der Waals surface area contributed by atoms with Crippen molar-refractivity contribution in [3.63, 3.8) is 0 Å². The van der Waals surface area contributed by atoms with E-state index in [0.29, 0.717) is 12.0 Å². The Labute approximate surface area is 110 Å². The SMILES string of the molecule is NC(=NCCN1CC=CCC1)NC1CCCCC1. The molecule has 1 aliphatic carbocycles. The van der Waals surface area contributed by atoms with Crippen molar-refractivity contribution in [2.24, 2.45) is 10.7 Å². The summed E-state index contributed by atoms with van der Waals surface area (Å²) in [7, 11) is 0. The highest BCUT2D eigenvalue weighted by Crippen LogP contribution is 2.16. The summed E-state index contributed by atoms with van der Waals surface area (Å²) in [6.07, 6.45) is 12.2. The highest BCUT2D eigenvalue weighted by molar-refractivity contribution is 5.78. The van der Waals surface area contributed by atoms with Crippen LogP contribution >= 0.6 is 0 Å². The fourth-order valence-electron chi connectivity index (χ4n) is 2.71. The maximum absolute atomic E-state index is 5.93. The Morgan fingerprint density at radius 1 is 1.28 bits per heavy atom. The van der Waals surface area contributed by atoms with Crippen molar-refractivity contribution in [2.75, 3.05) is 26.2 Å². The van der Waals surface area contributed by atoms with Crippen molar-refractivity contribution in [2.45, 2.75) is 44.6 Å². The Morgan fingerprint density at radius 3 is 2.83 bits per heavy atom. The lowest BCUT2D eigenvalue weighted by atomic mass is 9.96. The molecule has 4 nitrogen and oxygen atoms in total. The Balaban J connectivity index is 1.63. The largest absolute Gasteiger partial charge is 0.370 e. The minimum atomic E-state index is 0.556. The molecule has 0 aromatic heterocycles. The lowest BCUT2D eigenvalue weighted by Crippen LogP contribution is -2.41. The highest BCUT2D eigenvalue weighted by Gasteiger charge is 2.13. The van der Waals surface area contributed by atoms with E-state index < -0.39 is 0 Å². The van der Waals surface area contributed by atoms with Gasteiger partial charge in [-0.05, 0) is 19.3 Å². The summed E-state index contributed by atoms with van der Waals surface area (Å²) in [6, 6.07) is 0.556. The molecular formula is C14H26N4. The van der Waals surface area contributed by atoms with Crippen LogP contribution in [-0.2, 0) is 0 Å². The first-order valence-corrected chi connectivity index (χ1v) is 7.28. The van der Waals surface area contributed by atoms with Crippen molar-refractivity contribution in [3.8, 4) is 0 Å². The minimum absolute atomic E-state index is 0.556. The normalized spacial score (nSPS) is 23.2. The predicted octanol–water partition coefficient (Wildman–Crippen LogP) is 1.49. The second-order valence-electron chi connectivity index (χ2n) is 5.31. The lowest BCUT2D eigenvalue weighted by molar-refractivity contribution is 0.307. The van der Waals surface area contributed by atoms with Crippen LogP contribution in [0.25, 0.3) is 0 Å². The second-order valence-corrected chi connectivity index (χ2v) is 5.31. The number of nitrogens with zero attached hydrogens (tertiary/aromatic N) is 2. The maximum atomic E-state index is 5.93. The van der Waals surface area contributed by atoms with Crippen LogP contribution < -0.4 is 11.1 Å². The van der Waals surface area contributed by atoms with E-state index in [1.807, 2.05) is 0 Å². The fourth-order valence-corrected chi connectivity index (χ4v) is 2.71. The molecule has 1 aliphatic heterocycles. The van der Waals surface area contributed by atoms with Crippen molar-refractivity contribution >= 4 is 5.96 Å². The molecule has 0 atom stereocenters. The molecule has 1 heterocycles. The summed E-state index contributed by atoms with van der Waals surface area (Å²) in [5.74, 6) is 0.634. The minimum Gasteiger partial charge on any atom is -0.370 e. The first-order chi connectivity index (χ1) is 8.84. The van der Waals surface area contributed by atoms with Gasteiger partial charge in [0.05, 0.1) is 6.54 Å². The summed E-state index contributed by atoms with van der Waals surface area (Å²) in [6.45, 7) is 4.03. The summed E-state index contributed by atoms with van der Waals surface area (Å²) in [4.78, 5) is 6.84. The molecule has 3 N–H and O–H groups in total.